The highest BCUT2D eigenvalue weighted by Crippen LogP contribution is 2.23. The molecule has 1 heterocycles. The van der Waals surface area contributed by atoms with Gasteiger partial charge in [0.1, 0.15) is 5.25 Å². The zero-order chi connectivity index (χ0) is 14.7. The number of nitrogens with zero attached hydrogens (tertiary/aromatic N) is 2. The van der Waals surface area contributed by atoms with Crippen LogP contribution in [0.1, 0.15) is 32.2 Å². The third-order valence-corrected chi connectivity index (χ3v) is 5.23. The fraction of sp³-hybridized carbons (Fsp3) is 0.667. The molecule has 1 rings (SSSR count). The van der Waals surface area contributed by atoms with Crippen molar-refractivity contribution in [2.24, 2.45) is 5.92 Å². The van der Waals surface area contributed by atoms with Crippen LogP contribution in [0.2, 0.25) is 5.02 Å². The Balaban J connectivity index is 3.02. The second-order valence-electron chi connectivity index (χ2n) is 4.69. The van der Waals surface area contributed by atoms with E-state index < -0.39 is 22.0 Å². The first kappa shape index (κ1) is 16.2. The van der Waals surface area contributed by atoms with Crippen molar-refractivity contribution in [2.75, 3.05) is 0 Å². The summed E-state index contributed by atoms with van der Waals surface area (Å²) in [5.74, 6) is -1.12. The molecule has 1 N–H and O–H groups in total. The fourth-order valence-corrected chi connectivity index (χ4v) is 3.79. The lowest BCUT2D eigenvalue weighted by molar-refractivity contribution is -0.137. The first-order valence-electron chi connectivity index (χ1n) is 6.11. The topological polar surface area (TPSA) is 72.2 Å². The Hall–Kier alpha value is -0.880. The SMILES string of the molecule is CCn1nc(C)c(Cl)c1CS(=O)C(C(=O)O)C(C)C. The van der Waals surface area contributed by atoms with Crippen molar-refractivity contribution in [2.45, 2.75) is 45.2 Å². The first-order chi connectivity index (χ1) is 8.79. The lowest BCUT2D eigenvalue weighted by Crippen LogP contribution is -2.32. The van der Waals surface area contributed by atoms with Gasteiger partial charge in [0.05, 0.1) is 22.2 Å². The number of carboxylic acid groups (broad SMARTS) is 1. The summed E-state index contributed by atoms with van der Waals surface area (Å²) in [6, 6.07) is 0. The molecular weight excluding hydrogens is 288 g/mol. The molecule has 0 spiro atoms. The predicted molar refractivity (Wildman–Crippen MR) is 75.8 cm³/mol. The largest absolute Gasteiger partial charge is 0.480 e. The number of aliphatic carboxylic acids is 1. The molecule has 0 radical (unpaired) electrons. The summed E-state index contributed by atoms with van der Waals surface area (Å²) in [4.78, 5) is 11.2. The third-order valence-electron chi connectivity index (χ3n) is 2.86. The van der Waals surface area contributed by atoms with Gasteiger partial charge in [0, 0.05) is 17.3 Å². The number of carboxylic acids is 1. The number of rotatable bonds is 6. The molecular formula is C12H19ClN2O3S. The van der Waals surface area contributed by atoms with E-state index in [4.69, 9.17) is 16.7 Å². The van der Waals surface area contributed by atoms with Gasteiger partial charge in [-0.1, -0.05) is 25.4 Å². The van der Waals surface area contributed by atoms with Crippen molar-refractivity contribution in [1.82, 2.24) is 9.78 Å². The van der Waals surface area contributed by atoms with Crippen molar-refractivity contribution in [3.8, 4) is 0 Å². The summed E-state index contributed by atoms with van der Waals surface area (Å²) in [5.41, 5.74) is 1.32. The van der Waals surface area contributed by atoms with E-state index >= 15 is 0 Å². The van der Waals surface area contributed by atoms with Crippen LogP contribution in [0.5, 0.6) is 0 Å². The van der Waals surface area contributed by atoms with Gasteiger partial charge in [-0.2, -0.15) is 5.10 Å². The van der Waals surface area contributed by atoms with E-state index in [1.165, 1.54) is 0 Å². The van der Waals surface area contributed by atoms with E-state index in [0.29, 0.717) is 23.0 Å². The molecule has 2 unspecified atom stereocenters. The normalized spacial score (nSPS) is 14.6. The molecule has 5 nitrogen and oxygen atoms in total. The van der Waals surface area contributed by atoms with Crippen molar-refractivity contribution < 1.29 is 14.1 Å². The van der Waals surface area contributed by atoms with Crippen molar-refractivity contribution in [3.05, 3.63) is 16.4 Å². The van der Waals surface area contributed by atoms with Crippen LogP contribution in [-0.4, -0.2) is 30.3 Å². The third kappa shape index (κ3) is 3.57. The van der Waals surface area contributed by atoms with Crippen LogP contribution < -0.4 is 0 Å². The molecule has 2 atom stereocenters. The lowest BCUT2D eigenvalue weighted by Gasteiger charge is -2.16. The van der Waals surface area contributed by atoms with Crippen LogP contribution in [-0.2, 0) is 27.9 Å². The fourth-order valence-electron chi connectivity index (χ4n) is 1.93. The highest BCUT2D eigenvalue weighted by atomic mass is 35.5. The molecule has 0 aliphatic carbocycles. The number of halogens is 1. The number of aryl methyl sites for hydroxylation is 2. The minimum atomic E-state index is -1.52. The number of aromatic nitrogens is 2. The van der Waals surface area contributed by atoms with Crippen LogP contribution in [0.15, 0.2) is 0 Å². The van der Waals surface area contributed by atoms with Crippen LogP contribution in [0.4, 0.5) is 0 Å². The van der Waals surface area contributed by atoms with E-state index in [0.717, 1.165) is 0 Å². The van der Waals surface area contributed by atoms with Gasteiger partial charge in [-0.15, -0.1) is 0 Å². The van der Waals surface area contributed by atoms with Gasteiger partial charge in [-0.05, 0) is 19.8 Å². The standard InChI is InChI=1S/C12H19ClN2O3S/c1-5-15-9(10(13)8(4)14-15)6-19(18)11(7(2)3)12(16)17/h7,11H,5-6H2,1-4H3,(H,16,17). The molecule has 19 heavy (non-hydrogen) atoms. The lowest BCUT2D eigenvalue weighted by atomic mass is 10.1. The molecule has 0 aromatic carbocycles. The Morgan fingerprint density at radius 2 is 2.11 bits per heavy atom. The van der Waals surface area contributed by atoms with Crippen LogP contribution >= 0.6 is 11.6 Å². The Labute approximate surface area is 120 Å². The van der Waals surface area contributed by atoms with Crippen LogP contribution in [0.3, 0.4) is 0 Å². The number of hydrogen-bond donors (Lipinski definition) is 1. The zero-order valence-electron chi connectivity index (χ0n) is 11.5. The molecule has 0 amide bonds. The highest BCUT2D eigenvalue weighted by molar-refractivity contribution is 7.85. The van der Waals surface area contributed by atoms with Gasteiger partial charge < -0.3 is 5.11 Å². The maximum absolute atomic E-state index is 12.3. The van der Waals surface area contributed by atoms with Gasteiger partial charge in [0.15, 0.2) is 0 Å². The summed E-state index contributed by atoms with van der Waals surface area (Å²) in [7, 11) is -1.52. The van der Waals surface area contributed by atoms with E-state index in [1.807, 2.05) is 6.92 Å². The molecule has 0 fully saturated rings. The Morgan fingerprint density at radius 3 is 2.53 bits per heavy atom. The Bertz CT molecular complexity index is 499. The van der Waals surface area contributed by atoms with Gasteiger partial charge in [0.25, 0.3) is 0 Å². The number of hydrogen-bond acceptors (Lipinski definition) is 3. The molecule has 1 aromatic heterocycles. The van der Waals surface area contributed by atoms with Crippen molar-refractivity contribution >= 4 is 28.4 Å². The summed E-state index contributed by atoms with van der Waals surface area (Å²) in [6.07, 6.45) is 0. The maximum atomic E-state index is 12.3. The summed E-state index contributed by atoms with van der Waals surface area (Å²) >= 11 is 6.14. The highest BCUT2D eigenvalue weighted by Gasteiger charge is 2.29. The van der Waals surface area contributed by atoms with Gasteiger partial charge in [0.2, 0.25) is 0 Å². The molecule has 1 aromatic rings. The molecule has 0 saturated carbocycles. The molecule has 0 aliphatic rings. The van der Waals surface area contributed by atoms with Crippen LogP contribution in [0, 0.1) is 12.8 Å². The van der Waals surface area contributed by atoms with Crippen LogP contribution in [0.25, 0.3) is 0 Å². The second-order valence-corrected chi connectivity index (χ2v) is 6.63. The van der Waals surface area contributed by atoms with E-state index in [9.17, 15) is 9.00 Å². The average Bonchev–Trinajstić information content (AvgIpc) is 2.55. The van der Waals surface area contributed by atoms with Gasteiger partial charge in [-0.25, -0.2) is 0 Å². The predicted octanol–water partition coefficient (Wildman–Crippen LogP) is 2.22. The monoisotopic (exact) mass is 306 g/mol. The summed E-state index contributed by atoms with van der Waals surface area (Å²) in [5, 5.41) is 13.0. The number of carbonyl (C=O) groups is 1. The summed E-state index contributed by atoms with van der Waals surface area (Å²) in [6.45, 7) is 7.80. The molecule has 0 bridgehead atoms. The smallest absolute Gasteiger partial charge is 0.319 e. The molecule has 108 valence electrons. The first-order valence-corrected chi connectivity index (χ1v) is 7.87. The van der Waals surface area contributed by atoms with E-state index in [1.54, 1.807) is 25.5 Å². The average molecular weight is 307 g/mol. The quantitative estimate of drug-likeness (QED) is 0.874. The summed E-state index contributed by atoms with van der Waals surface area (Å²) < 4.78 is 13.9. The van der Waals surface area contributed by atoms with Crippen molar-refractivity contribution in [1.29, 1.82) is 0 Å². The van der Waals surface area contributed by atoms with E-state index in [-0.39, 0.29) is 11.7 Å². The van der Waals surface area contributed by atoms with Gasteiger partial charge in [-0.3, -0.25) is 13.7 Å². The minimum absolute atomic E-state index is 0.114. The van der Waals surface area contributed by atoms with Crippen molar-refractivity contribution in [3.63, 3.8) is 0 Å². The Morgan fingerprint density at radius 1 is 1.53 bits per heavy atom. The second kappa shape index (κ2) is 6.52. The molecule has 0 saturated heterocycles. The molecule has 7 heteroatoms. The zero-order valence-corrected chi connectivity index (χ0v) is 13.1. The maximum Gasteiger partial charge on any atom is 0.319 e. The molecule has 0 aliphatic heterocycles. The van der Waals surface area contributed by atoms with Gasteiger partial charge >= 0.3 is 5.97 Å². The van der Waals surface area contributed by atoms with E-state index in [2.05, 4.69) is 5.10 Å². The Kier molecular flexibility index (Phi) is 5.55. The minimum Gasteiger partial charge on any atom is -0.480 e.